The molecule has 1 aliphatic heterocycles. The zero-order valence-corrected chi connectivity index (χ0v) is 14.9. The lowest BCUT2D eigenvalue weighted by Gasteiger charge is -2.41. The number of ketones is 2. The minimum atomic E-state index is -0.155. The highest BCUT2D eigenvalue weighted by Gasteiger charge is 2.35. The Bertz CT molecular complexity index is 809. The number of allylic oxidation sites excluding steroid dienone is 1. The number of hydrogen-bond acceptors (Lipinski definition) is 5. The lowest BCUT2D eigenvalue weighted by atomic mass is 9.86. The van der Waals surface area contributed by atoms with Gasteiger partial charge >= 0.3 is 0 Å². The fourth-order valence-electron chi connectivity index (χ4n) is 3.45. The van der Waals surface area contributed by atoms with Gasteiger partial charge in [0.2, 0.25) is 0 Å². The number of carbonyl (C=O) groups excluding carboxylic acids is 2. The molecule has 0 aromatic carbocycles. The number of terminal acetylenes is 1. The van der Waals surface area contributed by atoms with Crippen molar-refractivity contribution in [1.82, 2.24) is 9.88 Å². The van der Waals surface area contributed by atoms with Gasteiger partial charge in [-0.2, -0.15) is 0 Å². The third-order valence-electron chi connectivity index (χ3n) is 5.24. The minimum absolute atomic E-state index is 0.0672. The van der Waals surface area contributed by atoms with Gasteiger partial charge in [-0.3, -0.25) is 14.6 Å². The number of hydrogen-bond donors (Lipinski definition) is 0. The summed E-state index contributed by atoms with van der Waals surface area (Å²) in [4.78, 5) is 30.6. The average Bonchev–Trinajstić information content (AvgIpc) is 2.61. The number of carbonyl (C=O) groups is 2. The van der Waals surface area contributed by atoms with Crippen LogP contribution >= 0.6 is 0 Å². The maximum atomic E-state index is 12.5. The second-order valence-electron chi connectivity index (χ2n) is 6.89. The van der Waals surface area contributed by atoms with Gasteiger partial charge in [0.1, 0.15) is 5.69 Å². The van der Waals surface area contributed by atoms with Crippen LogP contribution in [0.2, 0.25) is 0 Å². The lowest BCUT2D eigenvalue weighted by molar-refractivity contribution is -0.114. The Morgan fingerprint density at radius 3 is 2.64 bits per heavy atom. The third-order valence-corrected chi connectivity index (χ3v) is 5.24. The van der Waals surface area contributed by atoms with Crippen molar-refractivity contribution < 1.29 is 14.3 Å². The molecule has 5 nitrogen and oxygen atoms in total. The van der Waals surface area contributed by atoms with Gasteiger partial charge in [0.05, 0.1) is 16.9 Å². The standard InChI is InChI=1S/C20H22N2O3/c1-5-15-18(24)10-14-12-21-17(13(2)23)11-16(14)19(15)22-8-6-20(3,25-4)7-9-22/h1,11-12H,6-10H2,2-4H3. The molecule has 1 aromatic rings. The van der Waals surface area contributed by atoms with E-state index in [-0.39, 0.29) is 23.6 Å². The smallest absolute Gasteiger partial charge is 0.178 e. The molecule has 1 aliphatic carbocycles. The monoisotopic (exact) mass is 338 g/mol. The van der Waals surface area contributed by atoms with Crippen molar-refractivity contribution in [3.05, 3.63) is 34.7 Å². The molecule has 0 atom stereocenters. The number of nitrogens with zero attached hydrogens (tertiary/aromatic N) is 2. The van der Waals surface area contributed by atoms with Gasteiger partial charge < -0.3 is 9.64 Å². The Hall–Kier alpha value is -2.45. The molecule has 1 fully saturated rings. The van der Waals surface area contributed by atoms with Gasteiger partial charge in [0.15, 0.2) is 11.6 Å². The average molecular weight is 338 g/mol. The van der Waals surface area contributed by atoms with E-state index in [2.05, 4.69) is 22.7 Å². The van der Waals surface area contributed by atoms with Crippen LogP contribution in [0.25, 0.3) is 5.70 Å². The molecule has 130 valence electrons. The highest BCUT2D eigenvalue weighted by Crippen LogP contribution is 2.36. The van der Waals surface area contributed by atoms with Gasteiger partial charge in [0.25, 0.3) is 0 Å². The Morgan fingerprint density at radius 2 is 2.08 bits per heavy atom. The molecule has 5 heteroatoms. The highest BCUT2D eigenvalue weighted by atomic mass is 16.5. The van der Waals surface area contributed by atoms with Crippen molar-refractivity contribution in [1.29, 1.82) is 0 Å². The van der Waals surface area contributed by atoms with Crippen LogP contribution in [0.15, 0.2) is 17.8 Å². The maximum absolute atomic E-state index is 12.5. The third kappa shape index (κ3) is 3.10. The first-order valence-electron chi connectivity index (χ1n) is 8.43. The van der Waals surface area contributed by atoms with E-state index in [4.69, 9.17) is 11.2 Å². The van der Waals surface area contributed by atoms with Crippen molar-refractivity contribution in [3.8, 4) is 12.3 Å². The van der Waals surface area contributed by atoms with Gasteiger partial charge in [-0.1, -0.05) is 5.92 Å². The maximum Gasteiger partial charge on any atom is 0.178 e. The van der Waals surface area contributed by atoms with Crippen LogP contribution in [0.4, 0.5) is 0 Å². The van der Waals surface area contributed by atoms with E-state index >= 15 is 0 Å². The second-order valence-corrected chi connectivity index (χ2v) is 6.89. The van der Waals surface area contributed by atoms with Gasteiger partial charge in [0, 0.05) is 45.3 Å². The van der Waals surface area contributed by atoms with Crippen LogP contribution in [0, 0.1) is 12.3 Å². The topological polar surface area (TPSA) is 59.5 Å². The lowest BCUT2D eigenvalue weighted by Crippen LogP contribution is -2.43. The predicted molar refractivity (Wildman–Crippen MR) is 94.9 cm³/mol. The number of pyridine rings is 1. The number of fused-ring (bicyclic) bond motifs is 1. The van der Waals surface area contributed by atoms with Crippen molar-refractivity contribution in [3.63, 3.8) is 0 Å². The molecule has 0 amide bonds. The van der Waals surface area contributed by atoms with Gasteiger partial charge in [-0.05, 0) is 31.4 Å². The van der Waals surface area contributed by atoms with Crippen LogP contribution in [0.5, 0.6) is 0 Å². The molecule has 0 radical (unpaired) electrons. The molecule has 2 aliphatic rings. The fraction of sp³-hybridized carbons (Fsp3) is 0.450. The highest BCUT2D eigenvalue weighted by molar-refractivity contribution is 6.10. The quantitative estimate of drug-likeness (QED) is 0.625. The number of piperidine rings is 1. The summed E-state index contributed by atoms with van der Waals surface area (Å²) < 4.78 is 5.60. The van der Waals surface area contributed by atoms with E-state index in [0.717, 1.165) is 42.8 Å². The second kappa shape index (κ2) is 6.45. The van der Waals surface area contributed by atoms with Gasteiger partial charge in [-0.25, -0.2) is 0 Å². The van der Waals surface area contributed by atoms with E-state index in [0.29, 0.717) is 11.3 Å². The number of aromatic nitrogens is 1. The minimum Gasteiger partial charge on any atom is -0.378 e. The molecule has 0 unspecified atom stereocenters. The Balaban J connectivity index is 2.07. The van der Waals surface area contributed by atoms with Crippen LogP contribution in [-0.4, -0.2) is 47.3 Å². The summed E-state index contributed by atoms with van der Waals surface area (Å²) in [6.45, 7) is 5.07. The molecule has 0 bridgehead atoms. The Morgan fingerprint density at radius 1 is 1.40 bits per heavy atom. The van der Waals surface area contributed by atoms with Crippen LogP contribution in [0.1, 0.15) is 48.3 Å². The molecule has 0 spiro atoms. The molecular weight excluding hydrogens is 316 g/mol. The van der Waals surface area contributed by atoms with Crippen molar-refractivity contribution in [2.75, 3.05) is 20.2 Å². The predicted octanol–water partition coefficient (Wildman–Crippen LogP) is 2.25. The summed E-state index contributed by atoms with van der Waals surface area (Å²) in [7, 11) is 1.73. The summed E-state index contributed by atoms with van der Waals surface area (Å²) in [5.74, 6) is 2.41. The number of likely N-dealkylation sites (tertiary alicyclic amines) is 1. The SMILES string of the molecule is C#CC1=C(N2CCC(C)(OC)CC2)c2cc(C(C)=O)ncc2CC1=O. The Labute approximate surface area is 148 Å². The molecule has 3 rings (SSSR count). The van der Waals surface area contributed by atoms with E-state index in [1.54, 1.807) is 19.4 Å². The molecular formula is C20H22N2O3. The van der Waals surface area contributed by atoms with E-state index in [1.807, 2.05) is 0 Å². The molecule has 0 saturated carbocycles. The van der Waals surface area contributed by atoms with Crippen LogP contribution < -0.4 is 0 Å². The zero-order chi connectivity index (χ0) is 18.2. The van der Waals surface area contributed by atoms with E-state index in [9.17, 15) is 9.59 Å². The van der Waals surface area contributed by atoms with Gasteiger partial charge in [-0.15, -0.1) is 6.42 Å². The number of Topliss-reactive ketones (excluding diaryl/α,β-unsaturated/α-hetero) is 2. The number of ether oxygens (including phenoxy) is 1. The normalized spacial score (nSPS) is 19.4. The Kier molecular flexibility index (Phi) is 4.49. The molecule has 1 aromatic heterocycles. The zero-order valence-electron chi connectivity index (χ0n) is 14.9. The van der Waals surface area contributed by atoms with E-state index < -0.39 is 0 Å². The summed E-state index contributed by atoms with van der Waals surface area (Å²) >= 11 is 0. The summed E-state index contributed by atoms with van der Waals surface area (Å²) in [6, 6.07) is 1.76. The number of methoxy groups -OCH3 is 1. The first-order valence-corrected chi connectivity index (χ1v) is 8.43. The summed E-state index contributed by atoms with van der Waals surface area (Å²) in [6.07, 6.45) is 9.21. The first-order chi connectivity index (χ1) is 11.9. The van der Waals surface area contributed by atoms with Crippen molar-refractivity contribution >= 4 is 17.3 Å². The summed E-state index contributed by atoms with van der Waals surface area (Å²) in [5, 5.41) is 0. The largest absolute Gasteiger partial charge is 0.378 e. The molecule has 1 saturated heterocycles. The van der Waals surface area contributed by atoms with Crippen LogP contribution in [0.3, 0.4) is 0 Å². The van der Waals surface area contributed by atoms with E-state index in [1.165, 1.54) is 6.92 Å². The molecule has 2 heterocycles. The van der Waals surface area contributed by atoms with Crippen molar-refractivity contribution in [2.24, 2.45) is 0 Å². The van der Waals surface area contributed by atoms with Crippen molar-refractivity contribution in [2.45, 2.75) is 38.7 Å². The first kappa shape index (κ1) is 17.4. The number of rotatable bonds is 3. The summed E-state index contributed by atoms with van der Waals surface area (Å²) in [5.41, 5.74) is 3.07. The fourth-order valence-corrected chi connectivity index (χ4v) is 3.45. The van der Waals surface area contributed by atoms with Crippen LogP contribution in [-0.2, 0) is 16.0 Å². The molecule has 0 N–H and O–H groups in total. The molecule has 25 heavy (non-hydrogen) atoms.